The molecule has 0 radical (unpaired) electrons. The van der Waals surface area contributed by atoms with Gasteiger partial charge in [0.15, 0.2) is 0 Å². The number of nitrogens with two attached hydrogens (primary N) is 2. The fourth-order valence-electron chi connectivity index (χ4n) is 1.68. The van der Waals surface area contributed by atoms with E-state index in [4.69, 9.17) is 16.2 Å². The normalized spacial score (nSPS) is 13.5. The van der Waals surface area contributed by atoms with Gasteiger partial charge in [0, 0.05) is 0 Å². The Balaban J connectivity index is 2.04. The lowest BCUT2D eigenvalue weighted by Crippen LogP contribution is -2.53. The minimum absolute atomic E-state index is 0.0486. The molecular formula is C16H18N2O2. The zero-order valence-corrected chi connectivity index (χ0v) is 11.4. The largest absolute Gasteiger partial charge is 0.491 e. The quantitative estimate of drug-likeness (QED) is 0.871. The van der Waals surface area contributed by atoms with Gasteiger partial charge in [-0.1, -0.05) is 42.5 Å². The van der Waals surface area contributed by atoms with Crippen molar-refractivity contribution in [2.75, 3.05) is 6.61 Å². The molecule has 0 spiro atoms. The van der Waals surface area contributed by atoms with Gasteiger partial charge in [0.2, 0.25) is 5.91 Å². The van der Waals surface area contributed by atoms with Crippen LogP contribution in [0.3, 0.4) is 0 Å². The molecule has 0 aromatic heterocycles. The topological polar surface area (TPSA) is 78.3 Å². The molecule has 0 saturated heterocycles. The third-order valence-corrected chi connectivity index (χ3v) is 3.06. The summed E-state index contributed by atoms with van der Waals surface area (Å²) in [5.41, 5.74) is 12.0. The Morgan fingerprint density at radius 3 is 2.15 bits per heavy atom. The van der Waals surface area contributed by atoms with Crippen molar-refractivity contribution in [2.45, 2.75) is 12.5 Å². The molecule has 0 aliphatic heterocycles. The van der Waals surface area contributed by atoms with E-state index in [1.807, 2.05) is 54.6 Å². The Morgan fingerprint density at radius 2 is 1.60 bits per heavy atom. The molecule has 4 nitrogen and oxygen atoms in total. The van der Waals surface area contributed by atoms with Crippen LogP contribution < -0.4 is 16.2 Å². The zero-order valence-electron chi connectivity index (χ0n) is 11.4. The zero-order chi connectivity index (χ0) is 14.6. The van der Waals surface area contributed by atoms with Gasteiger partial charge in [-0.2, -0.15) is 0 Å². The van der Waals surface area contributed by atoms with Crippen LogP contribution in [0, 0.1) is 0 Å². The van der Waals surface area contributed by atoms with Gasteiger partial charge >= 0.3 is 0 Å². The van der Waals surface area contributed by atoms with Crippen molar-refractivity contribution in [1.82, 2.24) is 0 Å². The first-order valence-corrected chi connectivity index (χ1v) is 6.36. The van der Waals surface area contributed by atoms with Crippen molar-refractivity contribution in [1.29, 1.82) is 0 Å². The fraction of sp³-hybridized carbons (Fsp3) is 0.188. The van der Waals surface area contributed by atoms with E-state index >= 15 is 0 Å². The second-order valence-electron chi connectivity index (χ2n) is 4.96. The average molecular weight is 270 g/mol. The van der Waals surface area contributed by atoms with Crippen LogP contribution >= 0.6 is 0 Å². The molecule has 2 aromatic carbocycles. The van der Waals surface area contributed by atoms with Crippen LogP contribution in [0.25, 0.3) is 11.1 Å². The number of amides is 1. The Kier molecular flexibility index (Phi) is 4.05. The number of ether oxygens (including phenoxy) is 1. The summed E-state index contributed by atoms with van der Waals surface area (Å²) < 4.78 is 5.50. The van der Waals surface area contributed by atoms with Gasteiger partial charge in [-0.25, -0.2) is 0 Å². The highest BCUT2D eigenvalue weighted by atomic mass is 16.5. The van der Waals surface area contributed by atoms with Crippen LogP contribution in [0.15, 0.2) is 54.6 Å². The van der Waals surface area contributed by atoms with E-state index in [1.165, 1.54) is 0 Å². The molecule has 1 amide bonds. The van der Waals surface area contributed by atoms with E-state index in [2.05, 4.69) is 0 Å². The lowest BCUT2D eigenvalue weighted by molar-refractivity contribution is -0.123. The molecular weight excluding hydrogens is 252 g/mol. The van der Waals surface area contributed by atoms with Crippen molar-refractivity contribution in [3.05, 3.63) is 54.6 Å². The molecule has 0 heterocycles. The summed E-state index contributed by atoms with van der Waals surface area (Å²) in [6, 6.07) is 17.7. The summed E-state index contributed by atoms with van der Waals surface area (Å²) in [5, 5.41) is 0. The van der Waals surface area contributed by atoms with Crippen LogP contribution in [0.4, 0.5) is 0 Å². The molecule has 1 atom stereocenters. The first-order chi connectivity index (χ1) is 9.49. The third-order valence-electron chi connectivity index (χ3n) is 3.06. The van der Waals surface area contributed by atoms with Crippen molar-refractivity contribution >= 4 is 5.91 Å². The van der Waals surface area contributed by atoms with Crippen LogP contribution in [0.1, 0.15) is 6.92 Å². The van der Waals surface area contributed by atoms with Crippen molar-refractivity contribution in [3.63, 3.8) is 0 Å². The highest BCUT2D eigenvalue weighted by Gasteiger charge is 2.26. The summed E-state index contributed by atoms with van der Waals surface area (Å²) in [5.74, 6) is 0.0704. The van der Waals surface area contributed by atoms with Gasteiger partial charge in [-0.3, -0.25) is 4.79 Å². The predicted molar refractivity (Wildman–Crippen MR) is 79.2 cm³/mol. The van der Waals surface area contributed by atoms with E-state index in [0.717, 1.165) is 11.1 Å². The van der Waals surface area contributed by atoms with E-state index in [-0.39, 0.29) is 6.61 Å². The van der Waals surface area contributed by atoms with Crippen molar-refractivity contribution < 1.29 is 9.53 Å². The maximum atomic E-state index is 11.1. The standard InChI is InChI=1S/C16H18N2O2/c1-16(18,15(17)19)11-20-14-9-7-13(8-10-14)12-5-3-2-4-6-12/h2-10H,11,18H2,1H3,(H2,17,19). The summed E-state index contributed by atoms with van der Waals surface area (Å²) >= 11 is 0. The smallest absolute Gasteiger partial charge is 0.240 e. The van der Waals surface area contributed by atoms with Gasteiger partial charge in [-0.05, 0) is 30.2 Å². The Hall–Kier alpha value is -2.33. The van der Waals surface area contributed by atoms with Gasteiger partial charge in [0.1, 0.15) is 17.9 Å². The molecule has 0 fully saturated rings. The monoisotopic (exact) mass is 270 g/mol. The maximum absolute atomic E-state index is 11.1. The molecule has 1 unspecified atom stereocenters. The predicted octanol–water partition coefficient (Wildman–Crippen LogP) is 1.94. The van der Waals surface area contributed by atoms with E-state index < -0.39 is 11.4 Å². The van der Waals surface area contributed by atoms with E-state index in [9.17, 15) is 4.79 Å². The van der Waals surface area contributed by atoms with Crippen LogP contribution in [0.5, 0.6) is 5.75 Å². The Morgan fingerprint density at radius 1 is 1.05 bits per heavy atom. The molecule has 2 rings (SSSR count). The van der Waals surface area contributed by atoms with Crippen molar-refractivity contribution in [3.8, 4) is 16.9 Å². The maximum Gasteiger partial charge on any atom is 0.240 e. The SMILES string of the molecule is CC(N)(COc1ccc(-c2ccccc2)cc1)C(N)=O. The first-order valence-electron chi connectivity index (χ1n) is 6.36. The molecule has 0 bridgehead atoms. The second kappa shape index (κ2) is 5.75. The minimum Gasteiger partial charge on any atom is -0.491 e. The molecule has 4 heteroatoms. The number of rotatable bonds is 5. The Labute approximate surface area is 118 Å². The van der Waals surface area contributed by atoms with Crippen molar-refractivity contribution in [2.24, 2.45) is 11.5 Å². The molecule has 0 aliphatic carbocycles. The molecule has 2 aromatic rings. The highest BCUT2D eigenvalue weighted by molar-refractivity contribution is 5.84. The molecule has 104 valence electrons. The van der Waals surface area contributed by atoms with Gasteiger partial charge in [0.25, 0.3) is 0 Å². The minimum atomic E-state index is -1.17. The van der Waals surface area contributed by atoms with Crippen LogP contribution in [0.2, 0.25) is 0 Å². The number of carbonyl (C=O) groups is 1. The summed E-state index contributed by atoms with van der Waals surface area (Å²) in [6.45, 7) is 1.60. The van der Waals surface area contributed by atoms with Gasteiger partial charge in [0.05, 0.1) is 0 Å². The van der Waals surface area contributed by atoms with Gasteiger partial charge < -0.3 is 16.2 Å². The number of carbonyl (C=O) groups excluding carboxylic acids is 1. The molecule has 0 aliphatic rings. The third kappa shape index (κ3) is 3.36. The summed E-state index contributed by atoms with van der Waals surface area (Å²) in [7, 11) is 0. The number of benzene rings is 2. The molecule has 20 heavy (non-hydrogen) atoms. The number of primary amides is 1. The second-order valence-corrected chi connectivity index (χ2v) is 4.96. The summed E-state index contributed by atoms with van der Waals surface area (Å²) in [6.07, 6.45) is 0. The molecule has 4 N–H and O–H groups in total. The number of hydrogen-bond acceptors (Lipinski definition) is 3. The average Bonchev–Trinajstić information content (AvgIpc) is 2.46. The van der Waals surface area contributed by atoms with Crippen LogP contribution in [-0.2, 0) is 4.79 Å². The highest BCUT2D eigenvalue weighted by Crippen LogP contribution is 2.22. The van der Waals surface area contributed by atoms with Crippen LogP contribution in [-0.4, -0.2) is 18.1 Å². The molecule has 0 saturated carbocycles. The fourth-order valence-corrected chi connectivity index (χ4v) is 1.68. The van der Waals surface area contributed by atoms with E-state index in [0.29, 0.717) is 5.75 Å². The van der Waals surface area contributed by atoms with E-state index in [1.54, 1.807) is 6.92 Å². The van der Waals surface area contributed by atoms with Gasteiger partial charge in [-0.15, -0.1) is 0 Å². The lowest BCUT2D eigenvalue weighted by atomic mass is 10.0. The lowest BCUT2D eigenvalue weighted by Gasteiger charge is -2.20. The summed E-state index contributed by atoms with van der Waals surface area (Å²) in [4.78, 5) is 11.1. The Bertz CT molecular complexity index is 577. The number of hydrogen-bond donors (Lipinski definition) is 2. The first kappa shape index (κ1) is 14.1.